The molecule has 0 aliphatic carbocycles. The van der Waals surface area contributed by atoms with Gasteiger partial charge in [0.15, 0.2) is 0 Å². The third-order valence-corrected chi connectivity index (χ3v) is 7.44. The van der Waals surface area contributed by atoms with Crippen molar-refractivity contribution in [3.63, 3.8) is 0 Å². The largest absolute Gasteiger partial charge is 0.265 e. The van der Waals surface area contributed by atoms with Crippen molar-refractivity contribution in [2.75, 3.05) is 0 Å². The van der Waals surface area contributed by atoms with Crippen molar-refractivity contribution in [2.45, 2.75) is 0 Å². The van der Waals surface area contributed by atoms with Gasteiger partial charge in [0, 0.05) is 28.6 Å². The molecule has 0 saturated heterocycles. The van der Waals surface area contributed by atoms with E-state index in [4.69, 9.17) is 10.5 Å². The fourth-order valence-corrected chi connectivity index (χ4v) is 5.74. The summed E-state index contributed by atoms with van der Waals surface area (Å²) in [5.74, 6) is 0. The molecule has 0 N–H and O–H groups in total. The maximum atomic E-state index is 8.64. The molecule has 2 nitrogen and oxygen atoms in total. The van der Waals surface area contributed by atoms with Crippen LogP contribution in [0.4, 0.5) is 0 Å². The van der Waals surface area contributed by atoms with E-state index in [2.05, 4.69) is 59.6 Å². The Bertz CT molecular complexity index is 2400. The number of para-hydroxylation sites is 1. The minimum Gasteiger partial charge on any atom is -0.265 e. The summed E-state index contributed by atoms with van der Waals surface area (Å²) in [6.45, 7) is 0. The van der Waals surface area contributed by atoms with E-state index in [9.17, 15) is 0 Å². The van der Waals surface area contributed by atoms with Crippen LogP contribution in [0, 0.1) is 0 Å². The van der Waals surface area contributed by atoms with Crippen molar-refractivity contribution < 1.29 is 5.48 Å². The lowest BCUT2D eigenvalue weighted by molar-refractivity contribution is 1.33. The predicted octanol–water partition coefficient (Wildman–Crippen LogP) is 9.58. The molecule has 8 rings (SSSR count). The third-order valence-electron chi connectivity index (χ3n) is 7.44. The molecule has 0 spiro atoms. The van der Waals surface area contributed by atoms with Gasteiger partial charge in [0.05, 0.1) is 16.5 Å². The van der Waals surface area contributed by atoms with Crippen molar-refractivity contribution in [1.29, 1.82) is 0 Å². The van der Waals surface area contributed by atoms with Crippen LogP contribution < -0.4 is 0 Å². The van der Waals surface area contributed by atoms with Crippen molar-refractivity contribution in [3.8, 4) is 22.3 Å². The SMILES string of the molecule is [2H]c1c([2H])c([2H])c2nc3c4ccccc4c4cc(-c5cccc(-c6ccncc6)c5)c5ccccc5c4c3cc2c1[2H]. The molecule has 38 heavy (non-hydrogen) atoms. The van der Waals surface area contributed by atoms with E-state index in [1.807, 2.05) is 54.9 Å². The van der Waals surface area contributed by atoms with Gasteiger partial charge in [-0.3, -0.25) is 4.98 Å². The van der Waals surface area contributed by atoms with E-state index in [1.54, 1.807) is 0 Å². The van der Waals surface area contributed by atoms with Gasteiger partial charge in [0.2, 0.25) is 0 Å². The first-order valence-electron chi connectivity index (χ1n) is 14.6. The number of aromatic nitrogens is 2. The molecule has 2 aromatic heterocycles. The highest BCUT2D eigenvalue weighted by molar-refractivity contribution is 6.33. The fraction of sp³-hybridized carbons (Fsp3) is 0. The minimum atomic E-state index is -0.270. The summed E-state index contributed by atoms with van der Waals surface area (Å²) in [7, 11) is 0. The van der Waals surface area contributed by atoms with Crippen LogP contribution in [0.5, 0.6) is 0 Å². The lowest BCUT2D eigenvalue weighted by Gasteiger charge is -2.16. The first-order valence-corrected chi connectivity index (χ1v) is 12.6. The number of rotatable bonds is 2. The summed E-state index contributed by atoms with van der Waals surface area (Å²) in [4.78, 5) is 9.11. The van der Waals surface area contributed by atoms with E-state index in [0.29, 0.717) is 5.39 Å². The lowest BCUT2D eigenvalue weighted by Crippen LogP contribution is -1.91. The smallest absolute Gasteiger partial charge is 0.0794 e. The van der Waals surface area contributed by atoms with Crippen LogP contribution in [0.1, 0.15) is 5.48 Å². The normalized spacial score (nSPS) is 13.2. The summed E-state index contributed by atoms with van der Waals surface area (Å²) in [5.41, 5.74) is 5.47. The highest BCUT2D eigenvalue weighted by atomic mass is 14.7. The first kappa shape index (κ1) is 17.4. The number of pyridine rings is 2. The van der Waals surface area contributed by atoms with Crippen molar-refractivity contribution in [3.05, 3.63) is 134 Å². The van der Waals surface area contributed by atoms with Crippen molar-refractivity contribution >= 4 is 54.1 Å². The molecule has 0 radical (unpaired) electrons. The van der Waals surface area contributed by atoms with Crippen LogP contribution in [-0.4, -0.2) is 9.97 Å². The van der Waals surface area contributed by atoms with Crippen LogP contribution in [0.3, 0.4) is 0 Å². The topological polar surface area (TPSA) is 25.8 Å². The van der Waals surface area contributed by atoms with E-state index in [0.717, 1.165) is 65.5 Å². The Labute approximate surface area is 225 Å². The Balaban J connectivity index is 1.55. The molecule has 0 atom stereocenters. The van der Waals surface area contributed by atoms with Gasteiger partial charge in [-0.15, -0.1) is 0 Å². The zero-order valence-electron chi connectivity index (χ0n) is 24.3. The van der Waals surface area contributed by atoms with Gasteiger partial charge in [-0.25, -0.2) is 4.98 Å². The molecule has 176 valence electrons. The Morgan fingerprint density at radius 2 is 1.26 bits per heavy atom. The minimum absolute atomic E-state index is 0.0736. The van der Waals surface area contributed by atoms with Gasteiger partial charge in [0.1, 0.15) is 0 Å². The van der Waals surface area contributed by atoms with Crippen LogP contribution in [0.2, 0.25) is 0 Å². The molecular formula is C36H22N2. The highest BCUT2D eigenvalue weighted by Gasteiger charge is 2.16. The molecule has 2 heteroatoms. The molecule has 8 aromatic rings. The second kappa shape index (κ2) is 8.22. The van der Waals surface area contributed by atoms with Gasteiger partial charge in [-0.1, -0.05) is 84.9 Å². The highest BCUT2D eigenvalue weighted by Crippen LogP contribution is 2.43. The molecule has 0 aliphatic heterocycles. The van der Waals surface area contributed by atoms with E-state index < -0.39 is 0 Å². The summed E-state index contributed by atoms with van der Waals surface area (Å²) in [6, 6.07) is 32.6. The van der Waals surface area contributed by atoms with Crippen LogP contribution in [-0.2, 0) is 0 Å². The molecular weight excluding hydrogens is 460 g/mol. The molecule has 0 unspecified atom stereocenters. The van der Waals surface area contributed by atoms with E-state index in [-0.39, 0.29) is 29.7 Å². The Hall–Kier alpha value is -5.08. The maximum Gasteiger partial charge on any atom is 0.0794 e. The molecule has 2 heterocycles. The second-order valence-electron chi connectivity index (χ2n) is 9.54. The molecule has 0 fully saturated rings. The Morgan fingerprint density at radius 3 is 2.13 bits per heavy atom. The first-order chi connectivity index (χ1) is 20.5. The Morgan fingerprint density at radius 1 is 0.526 bits per heavy atom. The summed E-state index contributed by atoms with van der Waals surface area (Å²) >= 11 is 0. The van der Waals surface area contributed by atoms with Gasteiger partial charge in [-0.2, -0.15) is 0 Å². The van der Waals surface area contributed by atoms with Gasteiger partial charge < -0.3 is 0 Å². The van der Waals surface area contributed by atoms with Gasteiger partial charge in [0.25, 0.3) is 0 Å². The zero-order valence-corrected chi connectivity index (χ0v) is 20.3. The van der Waals surface area contributed by atoms with Gasteiger partial charge >= 0.3 is 0 Å². The number of nitrogens with zero attached hydrogens (tertiary/aromatic N) is 2. The van der Waals surface area contributed by atoms with Gasteiger partial charge in [-0.05, 0) is 85.6 Å². The second-order valence-corrected chi connectivity index (χ2v) is 9.54. The average molecular weight is 487 g/mol. The summed E-state index contributed by atoms with van der Waals surface area (Å²) in [6.07, 6.45) is 3.62. The predicted molar refractivity (Wildman–Crippen MR) is 160 cm³/mol. The van der Waals surface area contributed by atoms with E-state index >= 15 is 0 Å². The number of fused-ring (bicyclic) bond motifs is 9. The zero-order chi connectivity index (χ0) is 28.5. The van der Waals surface area contributed by atoms with Crippen LogP contribution in [0.15, 0.2) is 134 Å². The lowest BCUT2D eigenvalue weighted by atomic mass is 9.88. The molecule has 0 bridgehead atoms. The fourth-order valence-electron chi connectivity index (χ4n) is 5.74. The number of benzene rings is 6. The van der Waals surface area contributed by atoms with Crippen LogP contribution >= 0.6 is 0 Å². The van der Waals surface area contributed by atoms with Crippen molar-refractivity contribution in [2.24, 2.45) is 0 Å². The average Bonchev–Trinajstić information content (AvgIpc) is 3.05. The molecule has 6 aromatic carbocycles. The maximum absolute atomic E-state index is 8.64. The standard InChI is InChI=1S/C36H22N2/c1-6-15-34-26(8-1)21-33-35-29-13-4-2-11-27(29)31(22-32(35)28-12-3-5-14-30(28)36(33)38-34)25-10-7-9-24(20-25)23-16-18-37-19-17-23/h1-22H/i1D,6D,8D,15D. The number of hydrogen-bond donors (Lipinski definition) is 0. The molecule has 0 amide bonds. The number of hydrogen-bond acceptors (Lipinski definition) is 2. The summed E-state index contributed by atoms with van der Waals surface area (Å²) < 4.78 is 33.7. The van der Waals surface area contributed by atoms with Crippen LogP contribution in [0.25, 0.3) is 76.4 Å². The third kappa shape index (κ3) is 3.14. The molecule has 0 saturated carbocycles. The quantitative estimate of drug-likeness (QED) is 0.180. The summed E-state index contributed by atoms with van der Waals surface area (Å²) in [5, 5.41) is 7.54. The monoisotopic (exact) mass is 486 g/mol. The Kier molecular flexibility index (Phi) is 3.76. The molecule has 0 aliphatic rings. The van der Waals surface area contributed by atoms with Crippen molar-refractivity contribution in [1.82, 2.24) is 9.97 Å². The van der Waals surface area contributed by atoms with E-state index in [1.165, 1.54) is 0 Å².